The number of carbonyl (C=O) groups excluding carboxylic acids is 2. The molecular weight excluding hydrogens is 431 g/mol. The number of halogens is 2. The van der Waals surface area contributed by atoms with E-state index in [4.69, 9.17) is 23.2 Å². The lowest BCUT2D eigenvalue weighted by atomic mass is 9.97. The standard InChI is InChI=1S/C25H22Cl2N2O2/c26-20-11-9-18(10-12-20)24(30)21-6-2-3-7-22(21)25(31)29-15-13-28(14-16-29)17-19-5-1-4-8-23(19)27/h1-12H,13-17H2. The molecule has 1 fully saturated rings. The Bertz CT molecular complexity index is 1090. The molecule has 158 valence electrons. The van der Waals surface area contributed by atoms with Gasteiger partial charge in [0.25, 0.3) is 5.91 Å². The van der Waals surface area contributed by atoms with Gasteiger partial charge in [-0.15, -0.1) is 0 Å². The van der Waals surface area contributed by atoms with E-state index < -0.39 is 0 Å². The molecule has 0 aliphatic carbocycles. The molecule has 0 radical (unpaired) electrons. The van der Waals surface area contributed by atoms with Crippen LogP contribution in [0.25, 0.3) is 0 Å². The largest absolute Gasteiger partial charge is 0.336 e. The Balaban J connectivity index is 1.45. The second-order valence-corrected chi connectivity index (χ2v) is 8.38. The minimum Gasteiger partial charge on any atom is -0.336 e. The molecule has 0 unspecified atom stereocenters. The topological polar surface area (TPSA) is 40.6 Å². The summed E-state index contributed by atoms with van der Waals surface area (Å²) in [5, 5.41) is 1.33. The van der Waals surface area contributed by atoms with E-state index in [1.807, 2.05) is 29.2 Å². The molecule has 0 N–H and O–H groups in total. The van der Waals surface area contributed by atoms with Crippen molar-refractivity contribution in [2.45, 2.75) is 6.54 Å². The molecule has 1 aliphatic heterocycles. The van der Waals surface area contributed by atoms with Crippen LogP contribution in [0.15, 0.2) is 72.8 Å². The van der Waals surface area contributed by atoms with Crippen LogP contribution in [0, 0.1) is 0 Å². The first kappa shape index (κ1) is 21.6. The molecule has 0 bridgehead atoms. The Kier molecular flexibility index (Phi) is 6.71. The number of piperazine rings is 1. The van der Waals surface area contributed by atoms with Gasteiger partial charge in [-0.2, -0.15) is 0 Å². The Morgan fingerprint density at radius 1 is 0.742 bits per heavy atom. The zero-order chi connectivity index (χ0) is 21.8. The third-order valence-corrected chi connectivity index (χ3v) is 6.14. The highest BCUT2D eigenvalue weighted by atomic mass is 35.5. The van der Waals surface area contributed by atoms with Gasteiger partial charge in [-0.1, -0.05) is 59.6 Å². The van der Waals surface area contributed by atoms with Crippen LogP contribution in [-0.2, 0) is 6.54 Å². The first-order chi connectivity index (χ1) is 15.0. The van der Waals surface area contributed by atoms with Crippen LogP contribution in [0.5, 0.6) is 0 Å². The number of benzene rings is 3. The van der Waals surface area contributed by atoms with Crippen molar-refractivity contribution in [1.29, 1.82) is 0 Å². The highest BCUT2D eigenvalue weighted by Gasteiger charge is 2.26. The lowest BCUT2D eigenvalue weighted by Gasteiger charge is -2.35. The Morgan fingerprint density at radius 2 is 1.35 bits per heavy atom. The predicted octanol–water partition coefficient (Wildman–Crippen LogP) is 5.18. The number of ketones is 1. The average molecular weight is 453 g/mol. The quantitative estimate of drug-likeness (QED) is 0.500. The molecule has 1 aliphatic rings. The van der Waals surface area contributed by atoms with E-state index in [-0.39, 0.29) is 11.7 Å². The summed E-state index contributed by atoms with van der Waals surface area (Å²) >= 11 is 12.2. The van der Waals surface area contributed by atoms with Gasteiger partial charge in [0.2, 0.25) is 0 Å². The van der Waals surface area contributed by atoms with Crippen LogP contribution < -0.4 is 0 Å². The highest BCUT2D eigenvalue weighted by molar-refractivity contribution is 6.31. The van der Waals surface area contributed by atoms with Crippen LogP contribution in [0.2, 0.25) is 10.0 Å². The highest BCUT2D eigenvalue weighted by Crippen LogP contribution is 2.21. The summed E-state index contributed by atoms with van der Waals surface area (Å²) in [6, 6.07) is 21.5. The van der Waals surface area contributed by atoms with Gasteiger partial charge in [-0.05, 0) is 42.0 Å². The summed E-state index contributed by atoms with van der Waals surface area (Å²) < 4.78 is 0. The van der Waals surface area contributed by atoms with Crippen LogP contribution in [0.4, 0.5) is 0 Å². The molecule has 4 rings (SSSR count). The normalized spacial score (nSPS) is 14.5. The summed E-state index contributed by atoms with van der Waals surface area (Å²) in [6.45, 7) is 3.47. The SMILES string of the molecule is O=C(c1ccc(Cl)cc1)c1ccccc1C(=O)N1CCN(Cc2ccccc2Cl)CC1. The van der Waals surface area contributed by atoms with E-state index in [1.165, 1.54) is 0 Å². The predicted molar refractivity (Wildman–Crippen MR) is 124 cm³/mol. The van der Waals surface area contributed by atoms with Crippen LogP contribution in [0.3, 0.4) is 0 Å². The first-order valence-corrected chi connectivity index (χ1v) is 10.9. The number of hydrogen-bond donors (Lipinski definition) is 0. The maximum Gasteiger partial charge on any atom is 0.254 e. The molecule has 1 saturated heterocycles. The van der Waals surface area contributed by atoms with Gasteiger partial charge in [0.15, 0.2) is 5.78 Å². The third kappa shape index (κ3) is 4.99. The Labute approximate surface area is 192 Å². The van der Waals surface area contributed by atoms with Gasteiger partial charge in [0, 0.05) is 53.9 Å². The van der Waals surface area contributed by atoms with Crippen molar-refractivity contribution in [3.63, 3.8) is 0 Å². The maximum absolute atomic E-state index is 13.2. The molecule has 3 aromatic rings. The number of rotatable bonds is 5. The second-order valence-electron chi connectivity index (χ2n) is 7.54. The lowest BCUT2D eigenvalue weighted by molar-refractivity contribution is 0.0625. The van der Waals surface area contributed by atoms with E-state index in [1.54, 1.807) is 48.5 Å². The molecule has 6 heteroatoms. The fourth-order valence-electron chi connectivity index (χ4n) is 3.77. The van der Waals surface area contributed by atoms with Crippen molar-refractivity contribution < 1.29 is 9.59 Å². The third-order valence-electron chi connectivity index (χ3n) is 5.52. The number of amides is 1. The number of carbonyl (C=O) groups is 2. The molecule has 1 heterocycles. The van der Waals surface area contributed by atoms with Crippen molar-refractivity contribution in [2.75, 3.05) is 26.2 Å². The minimum atomic E-state index is -0.182. The summed E-state index contributed by atoms with van der Waals surface area (Å²) in [7, 11) is 0. The zero-order valence-electron chi connectivity index (χ0n) is 16.9. The first-order valence-electron chi connectivity index (χ1n) is 10.2. The molecule has 31 heavy (non-hydrogen) atoms. The monoisotopic (exact) mass is 452 g/mol. The fourth-order valence-corrected chi connectivity index (χ4v) is 4.09. The van der Waals surface area contributed by atoms with E-state index >= 15 is 0 Å². The fraction of sp³-hybridized carbons (Fsp3) is 0.200. The molecular formula is C25H22Cl2N2O2. The zero-order valence-corrected chi connectivity index (χ0v) is 18.4. The number of hydrogen-bond acceptors (Lipinski definition) is 3. The van der Waals surface area contributed by atoms with Gasteiger partial charge in [0.1, 0.15) is 0 Å². The smallest absolute Gasteiger partial charge is 0.254 e. The molecule has 4 nitrogen and oxygen atoms in total. The van der Waals surface area contributed by atoms with Gasteiger partial charge in [-0.3, -0.25) is 14.5 Å². The summed E-state index contributed by atoms with van der Waals surface area (Å²) in [6.07, 6.45) is 0. The average Bonchev–Trinajstić information content (AvgIpc) is 2.81. The molecule has 0 atom stereocenters. The number of nitrogens with zero attached hydrogens (tertiary/aromatic N) is 2. The molecule has 3 aromatic carbocycles. The molecule has 0 aromatic heterocycles. The van der Waals surface area contributed by atoms with Crippen LogP contribution >= 0.6 is 23.2 Å². The van der Waals surface area contributed by atoms with E-state index in [9.17, 15) is 9.59 Å². The summed E-state index contributed by atoms with van der Waals surface area (Å²) in [5.41, 5.74) is 2.44. The minimum absolute atomic E-state index is 0.115. The van der Waals surface area contributed by atoms with E-state index in [2.05, 4.69) is 4.90 Å². The maximum atomic E-state index is 13.2. The molecule has 0 spiro atoms. The Morgan fingerprint density at radius 3 is 2.03 bits per heavy atom. The van der Waals surface area contributed by atoms with Crippen molar-refractivity contribution in [1.82, 2.24) is 9.80 Å². The van der Waals surface area contributed by atoms with Gasteiger partial charge in [0.05, 0.1) is 5.56 Å². The molecule has 0 saturated carbocycles. The van der Waals surface area contributed by atoms with Gasteiger partial charge >= 0.3 is 0 Å². The Hall–Kier alpha value is -2.66. The lowest BCUT2D eigenvalue weighted by Crippen LogP contribution is -2.48. The van der Waals surface area contributed by atoms with E-state index in [0.717, 1.165) is 30.2 Å². The van der Waals surface area contributed by atoms with Crippen molar-refractivity contribution in [2.24, 2.45) is 0 Å². The van der Waals surface area contributed by atoms with Crippen molar-refractivity contribution >= 4 is 34.9 Å². The van der Waals surface area contributed by atoms with E-state index in [0.29, 0.717) is 34.8 Å². The van der Waals surface area contributed by atoms with Crippen molar-refractivity contribution in [3.8, 4) is 0 Å². The van der Waals surface area contributed by atoms with Crippen LogP contribution in [0.1, 0.15) is 31.8 Å². The van der Waals surface area contributed by atoms with Gasteiger partial charge in [-0.25, -0.2) is 0 Å². The van der Waals surface area contributed by atoms with Gasteiger partial charge < -0.3 is 4.90 Å². The second kappa shape index (κ2) is 9.65. The van der Waals surface area contributed by atoms with Crippen molar-refractivity contribution in [3.05, 3.63) is 105 Å². The summed E-state index contributed by atoms with van der Waals surface area (Å²) in [5.74, 6) is -0.298. The van der Waals surface area contributed by atoms with Crippen LogP contribution in [-0.4, -0.2) is 47.7 Å². The summed E-state index contributed by atoms with van der Waals surface area (Å²) in [4.78, 5) is 30.4. The molecule has 1 amide bonds.